The standard InChI is InChI=1S/C14H18ClNO3S2/c1-3-18-14(20)21-12(9-19-10(2)17)6-4-11-5-7-13(15)16-8-11/h5,7-8,12H,3-4,6,9H2,1-2H3. The highest BCUT2D eigenvalue weighted by atomic mass is 35.5. The molecule has 0 aliphatic carbocycles. The summed E-state index contributed by atoms with van der Waals surface area (Å²) in [5, 5.41) is 0.533. The zero-order chi connectivity index (χ0) is 15.7. The molecule has 0 radical (unpaired) electrons. The first-order valence-electron chi connectivity index (χ1n) is 6.58. The minimum absolute atomic E-state index is 0.0589. The Morgan fingerprint density at radius 2 is 2.24 bits per heavy atom. The summed E-state index contributed by atoms with van der Waals surface area (Å²) in [6, 6.07) is 3.69. The minimum Gasteiger partial charge on any atom is -0.479 e. The van der Waals surface area contributed by atoms with Gasteiger partial charge in [-0.15, -0.1) is 0 Å². The molecule has 4 nitrogen and oxygen atoms in total. The summed E-state index contributed by atoms with van der Waals surface area (Å²) in [6.45, 7) is 4.13. The van der Waals surface area contributed by atoms with Gasteiger partial charge in [-0.25, -0.2) is 4.98 Å². The highest BCUT2D eigenvalue weighted by Gasteiger charge is 2.15. The molecule has 0 fully saturated rings. The van der Waals surface area contributed by atoms with Crippen LogP contribution in [0.1, 0.15) is 25.8 Å². The Labute approximate surface area is 139 Å². The molecule has 116 valence electrons. The fraction of sp³-hybridized carbons (Fsp3) is 0.500. The van der Waals surface area contributed by atoms with Crippen molar-refractivity contribution in [2.24, 2.45) is 0 Å². The number of ether oxygens (including phenoxy) is 2. The smallest absolute Gasteiger partial charge is 0.302 e. The second-order valence-corrected chi connectivity index (χ2v) is 6.54. The van der Waals surface area contributed by atoms with Gasteiger partial charge in [-0.2, -0.15) is 0 Å². The third-order valence-corrected chi connectivity index (χ3v) is 4.19. The van der Waals surface area contributed by atoms with Crippen LogP contribution in [0.25, 0.3) is 0 Å². The van der Waals surface area contributed by atoms with Crippen LogP contribution in [-0.4, -0.2) is 33.8 Å². The van der Waals surface area contributed by atoms with Gasteiger partial charge in [-0.1, -0.05) is 29.4 Å². The molecule has 0 N–H and O–H groups in total. The molecule has 1 aromatic heterocycles. The van der Waals surface area contributed by atoms with Crippen LogP contribution in [0.5, 0.6) is 0 Å². The molecule has 0 saturated carbocycles. The summed E-state index contributed by atoms with van der Waals surface area (Å²) in [5.41, 5.74) is 1.08. The molecular weight excluding hydrogens is 330 g/mol. The number of hydrogen-bond donors (Lipinski definition) is 0. The summed E-state index contributed by atoms with van der Waals surface area (Å²) in [7, 11) is 0. The van der Waals surface area contributed by atoms with Gasteiger partial charge in [0, 0.05) is 18.4 Å². The lowest BCUT2D eigenvalue weighted by atomic mass is 10.1. The van der Waals surface area contributed by atoms with E-state index < -0.39 is 0 Å². The Hall–Kier alpha value is -0.850. The minimum atomic E-state index is -0.295. The topological polar surface area (TPSA) is 48.4 Å². The molecule has 7 heteroatoms. The molecule has 0 aromatic carbocycles. The molecular formula is C14H18ClNO3S2. The van der Waals surface area contributed by atoms with Crippen molar-refractivity contribution >= 4 is 45.9 Å². The highest BCUT2D eigenvalue weighted by molar-refractivity contribution is 8.23. The molecule has 0 aliphatic rings. The van der Waals surface area contributed by atoms with Crippen LogP contribution in [0, 0.1) is 0 Å². The average molecular weight is 348 g/mol. The van der Waals surface area contributed by atoms with Crippen LogP contribution in [0.2, 0.25) is 5.15 Å². The zero-order valence-corrected chi connectivity index (χ0v) is 14.4. The quantitative estimate of drug-likeness (QED) is 0.426. The van der Waals surface area contributed by atoms with Gasteiger partial charge in [0.1, 0.15) is 11.8 Å². The maximum absolute atomic E-state index is 11.0. The maximum atomic E-state index is 11.0. The Bertz CT molecular complexity index is 468. The molecule has 0 spiro atoms. The molecule has 0 aliphatic heterocycles. The Morgan fingerprint density at radius 3 is 2.81 bits per heavy atom. The Kier molecular flexibility index (Phi) is 8.64. The molecule has 1 atom stereocenters. The van der Waals surface area contributed by atoms with E-state index in [9.17, 15) is 4.79 Å². The van der Waals surface area contributed by atoms with Crippen molar-refractivity contribution in [3.8, 4) is 0 Å². The number of thiocarbonyl (C=S) groups is 1. The van der Waals surface area contributed by atoms with Gasteiger partial charge < -0.3 is 9.47 Å². The highest BCUT2D eigenvalue weighted by Crippen LogP contribution is 2.21. The van der Waals surface area contributed by atoms with Crippen molar-refractivity contribution in [2.75, 3.05) is 13.2 Å². The van der Waals surface area contributed by atoms with Crippen molar-refractivity contribution in [1.82, 2.24) is 4.98 Å². The molecule has 0 bridgehead atoms. The van der Waals surface area contributed by atoms with E-state index in [1.165, 1.54) is 18.7 Å². The van der Waals surface area contributed by atoms with E-state index in [2.05, 4.69) is 4.98 Å². The lowest BCUT2D eigenvalue weighted by Gasteiger charge is -2.16. The number of nitrogens with zero attached hydrogens (tertiary/aromatic N) is 1. The number of halogens is 1. The summed E-state index contributed by atoms with van der Waals surface area (Å²) in [5.74, 6) is -0.295. The van der Waals surface area contributed by atoms with E-state index in [-0.39, 0.29) is 11.2 Å². The molecule has 1 aromatic rings. The number of aromatic nitrogens is 1. The number of thioether (sulfide) groups is 1. The van der Waals surface area contributed by atoms with Crippen LogP contribution >= 0.6 is 35.6 Å². The third-order valence-electron chi connectivity index (χ3n) is 2.54. The second kappa shape index (κ2) is 9.97. The summed E-state index contributed by atoms with van der Waals surface area (Å²) < 4.78 is 10.8. The van der Waals surface area contributed by atoms with E-state index in [0.717, 1.165) is 18.4 Å². The van der Waals surface area contributed by atoms with Crippen molar-refractivity contribution < 1.29 is 14.3 Å². The van der Waals surface area contributed by atoms with E-state index in [4.69, 9.17) is 33.3 Å². The van der Waals surface area contributed by atoms with Crippen molar-refractivity contribution in [3.63, 3.8) is 0 Å². The summed E-state index contributed by atoms with van der Waals surface area (Å²) >= 11 is 12.3. The first-order valence-corrected chi connectivity index (χ1v) is 8.25. The SMILES string of the molecule is CCOC(=S)SC(CCc1ccc(Cl)nc1)COC(C)=O. The van der Waals surface area contributed by atoms with Crippen LogP contribution in [0.4, 0.5) is 0 Å². The molecule has 1 heterocycles. The third kappa shape index (κ3) is 8.24. The predicted octanol–water partition coefficient (Wildman–Crippen LogP) is 3.65. The molecule has 0 saturated heterocycles. The fourth-order valence-corrected chi connectivity index (χ4v) is 3.02. The van der Waals surface area contributed by atoms with Gasteiger partial charge in [0.05, 0.1) is 6.61 Å². The number of pyridine rings is 1. The van der Waals surface area contributed by atoms with Gasteiger partial charge in [0.2, 0.25) is 4.38 Å². The lowest BCUT2D eigenvalue weighted by Crippen LogP contribution is -2.18. The Balaban J connectivity index is 2.52. The van der Waals surface area contributed by atoms with Gasteiger partial charge in [0.15, 0.2) is 0 Å². The largest absolute Gasteiger partial charge is 0.479 e. The molecule has 1 rings (SSSR count). The molecule has 1 unspecified atom stereocenters. The summed E-state index contributed by atoms with van der Waals surface area (Å²) in [4.78, 5) is 15.0. The number of hydrogen-bond acceptors (Lipinski definition) is 6. The van der Waals surface area contributed by atoms with Gasteiger partial charge in [-0.3, -0.25) is 4.79 Å². The van der Waals surface area contributed by atoms with E-state index >= 15 is 0 Å². The van der Waals surface area contributed by atoms with Crippen molar-refractivity contribution in [2.45, 2.75) is 31.9 Å². The second-order valence-electron chi connectivity index (χ2n) is 4.25. The van der Waals surface area contributed by atoms with Crippen molar-refractivity contribution in [1.29, 1.82) is 0 Å². The maximum Gasteiger partial charge on any atom is 0.302 e. The number of aryl methyl sites for hydroxylation is 1. The first-order chi connectivity index (χ1) is 10.0. The van der Waals surface area contributed by atoms with Gasteiger partial charge in [-0.05, 0) is 43.6 Å². The first kappa shape index (κ1) is 18.2. The van der Waals surface area contributed by atoms with E-state index in [0.29, 0.717) is 22.7 Å². The van der Waals surface area contributed by atoms with Crippen LogP contribution in [0.15, 0.2) is 18.3 Å². The normalized spacial score (nSPS) is 11.8. The van der Waals surface area contributed by atoms with Gasteiger partial charge in [0.25, 0.3) is 0 Å². The summed E-state index contributed by atoms with van der Waals surface area (Å²) in [6.07, 6.45) is 3.35. The number of esters is 1. The van der Waals surface area contributed by atoms with Crippen LogP contribution in [-0.2, 0) is 20.7 Å². The monoisotopic (exact) mass is 347 g/mol. The van der Waals surface area contributed by atoms with Crippen molar-refractivity contribution in [3.05, 3.63) is 29.0 Å². The van der Waals surface area contributed by atoms with E-state index in [1.807, 2.05) is 13.0 Å². The molecule has 21 heavy (non-hydrogen) atoms. The Morgan fingerprint density at radius 1 is 1.48 bits per heavy atom. The van der Waals surface area contributed by atoms with Gasteiger partial charge >= 0.3 is 5.97 Å². The lowest BCUT2D eigenvalue weighted by molar-refractivity contribution is -0.140. The average Bonchev–Trinajstić information content (AvgIpc) is 2.43. The number of carbonyl (C=O) groups is 1. The predicted molar refractivity (Wildman–Crippen MR) is 89.8 cm³/mol. The number of rotatable bonds is 7. The zero-order valence-electron chi connectivity index (χ0n) is 12.0. The van der Waals surface area contributed by atoms with E-state index in [1.54, 1.807) is 12.3 Å². The van der Waals surface area contributed by atoms with Crippen LogP contribution in [0.3, 0.4) is 0 Å². The number of carbonyl (C=O) groups excluding carboxylic acids is 1. The van der Waals surface area contributed by atoms with Crippen LogP contribution < -0.4 is 0 Å². The molecule has 0 amide bonds. The fourth-order valence-electron chi connectivity index (χ4n) is 1.56.